The summed E-state index contributed by atoms with van der Waals surface area (Å²) in [7, 11) is 0. The minimum absolute atomic E-state index is 0.309. The van der Waals surface area contributed by atoms with E-state index in [2.05, 4.69) is 20.3 Å². The van der Waals surface area contributed by atoms with Crippen LogP contribution in [0.15, 0.2) is 47.4 Å². The maximum atomic E-state index is 12.2. The van der Waals surface area contributed by atoms with E-state index in [1.165, 1.54) is 12.3 Å². The Morgan fingerprint density at radius 2 is 2.00 bits per heavy atom. The van der Waals surface area contributed by atoms with Crippen LogP contribution in [0.5, 0.6) is 0 Å². The first-order chi connectivity index (χ1) is 11.0. The Labute approximate surface area is 132 Å². The fraction of sp³-hybridized carbons (Fsp3) is 0.118. The molecule has 3 N–H and O–H groups in total. The van der Waals surface area contributed by atoms with Gasteiger partial charge in [0.2, 0.25) is 5.56 Å². The van der Waals surface area contributed by atoms with Crippen LogP contribution < -0.4 is 10.9 Å². The van der Waals surface area contributed by atoms with Crippen molar-refractivity contribution in [1.82, 2.24) is 15.0 Å². The number of hydrogen-bond donors (Lipinski definition) is 3. The molecule has 0 saturated heterocycles. The topological polar surface area (TPSA) is 90.6 Å². The minimum atomic E-state index is -0.333. The average Bonchev–Trinajstić information content (AvgIpc) is 2.87. The lowest BCUT2D eigenvalue weighted by Crippen LogP contribution is -2.15. The van der Waals surface area contributed by atoms with Crippen molar-refractivity contribution in [2.24, 2.45) is 0 Å². The van der Waals surface area contributed by atoms with Crippen LogP contribution in [0.4, 0.5) is 5.69 Å². The van der Waals surface area contributed by atoms with Gasteiger partial charge in [-0.05, 0) is 32.0 Å². The minimum Gasteiger partial charge on any atom is -0.342 e. The number of hydrogen-bond acceptors (Lipinski definition) is 3. The van der Waals surface area contributed by atoms with Gasteiger partial charge < -0.3 is 15.3 Å². The Morgan fingerprint density at radius 1 is 1.17 bits per heavy atom. The number of rotatable bonds is 3. The number of nitrogens with one attached hydrogen (secondary N) is 3. The molecule has 6 nitrogen and oxygen atoms in total. The smallest absolute Gasteiger partial charge is 0.255 e. The fourth-order valence-electron chi connectivity index (χ4n) is 2.22. The average molecular weight is 308 g/mol. The van der Waals surface area contributed by atoms with Crippen LogP contribution in [0.25, 0.3) is 11.4 Å². The standard InChI is InChI=1S/C17H16N4O2/c1-10-11(2)20-16(19-10)12-4-3-5-14(8-12)21-17(23)13-6-7-18-15(22)9-13/h3-9H,1-2H3,(H,18,22)(H,19,20)(H,21,23). The third-order valence-corrected chi connectivity index (χ3v) is 3.56. The van der Waals surface area contributed by atoms with Crippen LogP contribution >= 0.6 is 0 Å². The van der Waals surface area contributed by atoms with Gasteiger partial charge >= 0.3 is 0 Å². The molecule has 0 saturated carbocycles. The number of aromatic nitrogens is 3. The molecule has 6 heteroatoms. The van der Waals surface area contributed by atoms with E-state index >= 15 is 0 Å². The highest BCUT2D eigenvalue weighted by molar-refractivity contribution is 6.04. The van der Waals surface area contributed by atoms with E-state index in [0.29, 0.717) is 11.3 Å². The first-order valence-electron chi connectivity index (χ1n) is 7.16. The summed E-state index contributed by atoms with van der Waals surface area (Å²) in [6.45, 7) is 3.90. The number of H-pyrrole nitrogens is 2. The number of carbonyl (C=O) groups excluding carboxylic acids is 1. The summed E-state index contributed by atoms with van der Waals surface area (Å²) in [5.74, 6) is 0.423. The third-order valence-electron chi connectivity index (χ3n) is 3.56. The molecule has 3 aromatic rings. The lowest BCUT2D eigenvalue weighted by molar-refractivity contribution is 0.102. The molecule has 0 aliphatic carbocycles. The van der Waals surface area contributed by atoms with E-state index in [9.17, 15) is 9.59 Å². The maximum absolute atomic E-state index is 12.2. The van der Waals surface area contributed by atoms with Gasteiger partial charge in [0.25, 0.3) is 5.91 Å². The number of aryl methyl sites for hydroxylation is 2. The van der Waals surface area contributed by atoms with Gasteiger partial charge in [0, 0.05) is 34.8 Å². The zero-order valence-electron chi connectivity index (χ0n) is 12.8. The largest absolute Gasteiger partial charge is 0.342 e. The van der Waals surface area contributed by atoms with Gasteiger partial charge in [0.05, 0.1) is 5.69 Å². The molecule has 0 unspecified atom stereocenters. The molecule has 0 radical (unpaired) electrons. The predicted molar refractivity (Wildman–Crippen MR) is 88.5 cm³/mol. The molecule has 1 amide bonds. The van der Waals surface area contributed by atoms with Gasteiger partial charge in [-0.25, -0.2) is 4.98 Å². The molecule has 2 aromatic heterocycles. The molecule has 0 aliphatic heterocycles. The summed E-state index contributed by atoms with van der Waals surface area (Å²) in [6, 6.07) is 10.2. The van der Waals surface area contributed by atoms with Crippen molar-refractivity contribution in [3.63, 3.8) is 0 Å². The van der Waals surface area contributed by atoms with Gasteiger partial charge in [-0.2, -0.15) is 0 Å². The van der Waals surface area contributed by atoms with Crippen LogP contribution in [0, 0.1) is 13.8 Å². The summed E-state index contributed by atoms with van der Waals surface area (Å²) in [6.07, 6.45) is 1.45. The summed E-state index contributed by atoms with van der Waals surface area (Å²) in [5.41, 5.74) is 3.47. The predicted octanol–water partition coefficient (Wildman–Crippen LogP) is 2.63. The van der Waals surface area contributed by atoms with Crippen molar-refractivity contribution in [2.75, 3.05) is 5.32 Å². The molecule has 116 valence electrons. The van der Waals surface area contributed by atoms with Gasteiger partial charge in [0.1, 0.15) is 5.82 Å². The number of carbonyl (C=O) groups is 1. The monoisotopic (exact) mass is 308 g/mol. The Hall–Kier alpha value is -3.15. The first kappa shape index (κ1) is 14.8. The van der Waals surface area contributed by atoms with Gasteiger partial charge in [-0.15, -0.1) is 0 Å². The molecule has 2 heterocycles. The number of nitrogens with zero attached hydrogens (tertiary/aromatic N) is 1. The van der Waals surface area contributed by atoms with E-state index in [4.69, 9.17) is 0 Å². The number of pyridine rings is 1. The fourth-order valence-corrected chi connectivity index (χ4v) is 2.22. The summed E-state index contributed by atoms with van der Waals surface area (Å²) in [4.78, 5) is 33.6. The Morgan fingerprint density at radius 3 is 2.70 bits per heavy atom. The van der Waals surface area contributed by atoms with Crippen molar-refractivity contribution < 1.29 is 4.79 Å². The molecular weight excluding hydrogens is 292 g/mol. The van der Waals surface area contributed by atoms with Crippen molar-refractivity contribution in [3.8, 4) is 11.4 Å². The van der Waals surface area contributed by atoms with Crippen LogP contribution in [-0.4, -0.2) is 20.9 Å². The number of aromatic amines is 2. The SMILES string of the molecule is Cc1nc(-c2cccc(NC(=O)c3cc[nH]c(=O)c3)c2)[nH]c1C. The third kappa shape index (κ3) is 3.21. The highest BCUT2D eigenvalue weighted by atomic mass is 16.2. The Balaban J connectivity index is 1.85. The van der Waals surface area contributed by atoms with Gasteiger partial charge in [0.15, 0.2) is 0 Å². The lowest BCUT2D eigenvalue weighted by atomic mass is 10.2. The van der Waals surface area contributed by atoms with E-state index < -0.39 is 0 Å². The van der Waals surface area contributed by atoms with Crippen LogP contribution in [0.1, 0.15) is 21.7 Å². The number of amides is 1. The van der Waals surface area contributed by atoms with Crippen LogP contribution in [0.3, 0.4) is 0 Å². The molecule has 1 aromatic carbocycles. The molecule has 0 aliphatic rings. The zero-order valence-corrected chi connectivity index (χ0v) is 12.8. The second kappa shape index (κ2) is 5.92. The first-order valence-corrected chi connectivity index (χ1v) is 7.16. The van der Waals surface area contributed by atoms with Crippen LogP contribution in [-0.2, 0) is 0 Å². The lowest BCUT2D eigenvalue weighted by Gasteiger charge is -2.06. The van der Waals surface area contributed by atoms with Crippen molar-refractivity contribution in [3.05, 3.63) is 69.9 Å². The van der Waals surface area contributed by atoms with E-state index in [0.717, 1.165) is 22.8 Å². The molecule has 0 bridgehead atoms. The maximum Gasteiger partial charge on any atom is 0.255 e. The van der Waals surface area contributed by atoms with E-state index in [-0.39, 0.29) is 11.5 Å². The molecule has 3 rings (SSSR count). The summed E-state index contributed by atoms with van der Waals surface area (Å²) < 4.78 is 0. The normalized spacial score (nSPS) is 10.5. The molecule has 0 atom stereocenters. The molecule has 0 spiro atoms. The van der Waals surface area contributed by atoms with E-state index in [1.54, 1.807) is 12.1 Å². The van der Waals surface area contributed by atoms with Crippen LogP contribution in [0.2, 0.25) is 0 Å². The van der Waals surface area contributed by atoms with Gasteiger partial charge in [-0.1, -0.05) is 12.1 Å². The van der Waals surface area contributed by atoms with Crippen molar-refractivity contribution in [2.45, 2.75) is 13.8 Å². The summed E-state index contributed by atoms with van der Waals surface area (Å²) >= 11 is 0. The molecule has 0 fully saturated rings. The second-order valence-electron chi connectivity index (χ2n) is 5.27. The van der Waals surface area contributed by atoms with Crippen molar-refractivity contribution in [1.29, 1.82) is 0 Å². The number of imidazole rings is 1. The number of anilines is 1. The zero-order chi connectivity index (χ0) is 16.4. The highest BCUT2D eigenvalue weighted by Crippen LogP contribution is 2.21. The van der Waals surface area contributed by atoms with Crippen molar-refractivity contribution >= 4 is 11.6 Å². The molecular formula is C17H16N4O2. The van der Waals surface area contributed by atoms with E-state index in [1.807, 2.05) is 32.0 Å². The highest BCUT2D eigenvalue weighted by Gasteiger charge is 2.09. The quantitative estimate of drug-likeness (QED) is 0.694. The second-order valence-corrected chi connectivity index (χ2v) is 5.27. The Bertz CT molecular complexity index is 905. The van der Waals surface area contributed by atoms with Gasteiger partial charge in [-0.3, -0.25) is 9.59 Å². The number of benzene rings is 1. The Kier molecular flexibility index (Phi) is 3.80. The molecule has 23 heavy (non-hydrogen) atoms. The summed E-state index contributed by atoms with van der Waals surface area (Å²) in [5, 5.41) is 2.78.